The number of furan rings is 1. The van der Waals surface area contributed by atoms with E-state index < -0.39 is 6.17 Å². The van der Waals surface area contributed by atoms with Crippen molar-refractivity contribution < 1.29 is 18.7 Å². The Balaban J connectivity index is 1.49. The highest BCUT2D eigenvalue weighted by Gasteiger charge is 2.33. The van der Waals surface area contributed by atoms with Crippen LogP contribution in [-0.4, -0.2) is 17.9 Å². The van der Waals surface area contributed by atoms with Crippen molar-refractivity contribution in [3.8, 4) is 11.5 Å². The normalized spacial score (nSPS) is 14.8. The van der Waals surface area contributed by atoms with Crippen molar-refractivity contribution >= 4 is 23.2 Å². The van der Waals surface area contributed by atoms with Gasteiger partial charge in [-0.15, -0.1) is 0 Å². The van der Waals surface area contributed by atoms with Crippen LogP contribution in [0.25, 0.3) is 0 Å². The van der Waals surface area contributed by atoms with Crippen LogP contribution in [0.4, 0.5) is 5.69 Å². The number of ether oxygens (including phenoxy) is 2. The number of nitrogens with one attached hydrogen (secondary N) is 1. The molecule has 38 heavy (non-hydrogen) atoms. The van der Waals surface area contributed by atoms with E-state index in [1.165, 1.54) is 0 Å². The first-order valence-corrected chi connectivity index (χ1v) is 13.0. The molecule has 7 heteroatoms. The molecule has 0 unspecified atom stereocenters. The van der Waals surface area contributed by atoms with Gasteiger partial charge in [-0.3, -0.25) is 4.79 Å². The van der Waals surface area contributed by atoms with Crippen LogP contribution in [0.15, 0.2) is 77.4 Å². The monoisotopic (exact) mass is 530 g/mol. The summed E-state index contributed by atoms with van der Waals surface area (Å²) in [6.45, 7) is 6.83. The van der Waals surface area contributed by atoms with Gasteiger partial charge >= 0.3 is 0 Å². The Hall–Kier alpha value is -3.90. The number of hydrogen-bond donors (Lipinski definition) is 1. The summed E-state index contributed by atoms with van der Waals surface area (Å²) in [5.74, 6) is 2.41. The second kappa shape index (κ2) is 10.8. The van der Waals surface area contributed by atoms with Crippen molar-refractivity contribution in [2.24, 2.45) is 0 Å². The van der Waals surface area contributed by atoms with Gasteiger partial charge in [0.2, 0.25) is 0 Å². The first kappa shape index (κ1) is 25.7. The Morgan fingerprint density at radius 1 is 1.05 bits per heavy atom. The van der Waals surface area contributed by atoms with E-state index >= 15 is 0 Å². The van der Waals surface area contributed by atoms with E-state index in [-0.39, 0.29) is 11.8 Å². The summed E-state index contributed by atoms with van der Waals surface area (Å²) in [5.41, 5.74) is 5.23. The van der Waals surface area contributed by atoms with Gasteiger partial charge in [0.15, 0.2) is 0 Å². The highest BCUT2D eigenvalue weighted by molar-refractivity contribution is 6.31. The van der Waals surface area contributed by atoms with Crippen molar-refractivity contribution in [3.05, 3.63) is 112 Å². The first-order valence-electron chi connectivity index (χ1n) is 12.6. The number of carbonyl (C=O) groups excluding carboxylic acids is 1. The lowest BCUT2D eigenvalue weighted by Crippen LogP contribution is -2.42. The molecule has 1 amide bonds. The molecule has 0 spiro atoms. The van der Waals surface area contributed by atoms with Gasteiger partial charge in [0.1, 0.15) is 30.0 Å². The number of aryl methyl sites for hydroxylation is 1. The lowest BCUT2D eigenvalue weighted by molar-refractivity contribution is 0.0651. The van der Waals surface area contributed by atoms with E-state index in [4.69, 9.17) is 25.5 Å². The Morgan fingerprint density at radius 3 is 2.61 bits per heavy atom. The summed E-state index contributed by atoms with van der Waals surface area (Å²) < 4.78 is 17.6. The van der Waals surface area contributed by atoms with Gasteiger partial charge in [0.05, 0.1) is 25.5 Å². The first-order chi connectivity index (χ1) is 18.4. The average molecular weight is 531 g/mol. The molecule has 0 saturated heterocycles. The zero-order chi connectivity index (χ0) is 26.8. The van der Waals surface area contributed by atoms with Crippen LogP contribution in [0.1, 0.15) is 64.3 Å². The number of halogens is 1. The number of anilines is 1. The van der Waals surface area contributed by atoms with E-state index in [1.807, 2.05) is 73.7 Å². The van der Waals surface area contributed by atoms with Gasteiger partial charge < -0.3 is 24.1 Å². The number of carbonyl (C=O) groups is 1. The smallest absolute Gasteiger partial charge is 0.258 e. The van der Waals surface area contributed by atoms with E-state index in [0.717, 1.165) is 38.7 Å². The summed E-state index contributed by atoms with van der Waals surface area (Å²) in [6, 6.07) is 21.1. The fourth-order valence-corrected chi connectivity index (χ4v) is 4.95. The second-order valence-electron chi connectivity index (χ2n) is 9.76. The highest BCUT2D eigenvalue weighted by Crippen LogP contribution is 2.37. The molecule has 2 heterocycles. The minimum atomic E-state index is -0.406. The van der Waals surface area contributed by atoms with Crippen LogP contribution in [0, 0.1) is 6.92 Å². The van der Waals surface area contributed by atoms with Crippen molar-refractivity contribution in [1.29, 1.82) is 0 Å². The molecule has 1 aliphatic heterocycles. The molecule has 0 aliphatic carbocycles. The largest absolute Gasteiger partial charge is 0.496 e. The third-order valence-corrected chi connectivity index (χ3v) is 7.25. The maximum Gasteiger partial charge on any atom is 0.258 e. The molecule has 3 aromatic carbocycles. The lowest BCUT2D eigenvalue weighted by Gasteiger charge is -2.38. The predicted molar refractivity (Wildman–Crippen MR) is 149 cm³/mol. The topological polar surface area (TPSA) is 63.9 Å². The molecule has 5 rings (SSSR count). The summed E-state index contributed by atoms with van der Waals surface area (Å²) in [5, 5.41) is 4.28. The van der Waals surface area contributed by atoms with E-state index in [2.05, 4.69) is 19.2 Å². The van der Waals surface area contributed by atoms with Gasteiger partial charge in [-0.05, 0) is 78.1 Å². The minimum Gasteiger partial charge on any atom is -0.496 e. The number of rotatable bonds is 8. The number of benzene rings is 3. The number of hydrogen-bond acceptors (Lipinski definition) is 5. The molecule has 0 saturated carbocycles. The van der Waals surface area contributed by atoms with E-state index in [0.29, 0.717) is 30.2 Å². The van der Waals surface area contributed by atoms with Crippen LogP contribution in [0.3, 0.4) is 0 Å². The minimum absolute atomic E-state index is 0.0624. The second-order valence-corrected chi connectivity index (χ2v) is 10.2. The number of para-hydroxylation sites is 1. The maximum absolute atomic E-state index is 13.6. The molecule has 1 atom stereocenters. The maximum atomic E-state index is 13.6. The van der Waals surface area contributed by atoms with Gasteiger partial charge in [-0.1, -0.05) is 43.6 Å². The van der Waals surface area contributed by atoms with Crippen LogP contribution in [-0.2, 0) is 13.2 Å². The van der Waals surface area contributed by atoms with Gasteiger partial charge in [-0.25, -0.2) is 0 Å². The van der Waals surface area contributed by atoms with Crippen LogP contribution in [0.2, 0.25) is 5.02 Å². The Morgan fingerprint density at radius 2 is 1.87 bits per heavy atom. The Bertz CT molecular complexity index is 1450. The third-order valence-electron chi connectivity index (χ3n) is 6.84. The molecule has 0 radical (unpaired) electrons. The molecule has 0 bridgehead atoms. The zero-order valence-electron chi connectivity index (χ0n) is 22.0. The van der Waals surface area contributed by atoms with E-state index in [1.54, 1.807) is 18.3 Å². The zero-order valence-corrected chi connectivity index (χ0v) is 22.7. The Labute approximate surface area is 228 Å². The van der Waals surface area contributed by atoms with Crippen molar-refractivity contribution in [2.45, 2.75) is 46.0 Å². The predicted octanol–water partition coefficient (Wildman–Crippen LogP) is 7.72. The number of methoxy groups -OCH3 is 1. The van der Waals surface area contributed by atoms with Gasteiger partial charge in [0, 0.05) is 16.3 Å². The summed E-state index contributed by atoms with van der Waals surface area (Å²) in [7, 11) is 1.65. The number of amides is 1. The highest BCUT2D eigenvalue weighted by atomic mass is 35.5. The third kappa shape index (κ3) is 5.09. The number of fused-ring (bicyclic) bond motifs is 1. The molecular formula is C31H31ClN2O4. The Kier molecular flexibility index (Phi) is 7.34. The average Bonchev–Trinajstić information content (AvgIpc) is 3.43. The van der Waals surface area contributed by atoms with Gasteiger partial charge in [0.25, 0.3) is 5.91 Å². The molecule has 1 N–H and O–H groups in total. The number of nitrogens with zero attached hydrogens (tertiary/aromatic N) is 1. The molecule has 196 valence electrons. The molecular weight excluding hydrogens is 500 g/mol. The molecule has 0 fully saturated rings. The van der Waals surface area contributed by atoms with Crippen molar-refractivity contribution in [1.82, 2.24) is 4.90 Å². The van der Waals surface area contributed by atoms with Crippen LogP contribution in [0.5, 0.6) is 11.5 Å². The standard InChI is InChI=1S/C31H31ClN2O4/c1-19(2)25-16-26(32)20(3)14-29(25)38-18-22-15-21(11-12-28(22)36-4)30-33-27-10-6-5-9-24(27)31(35)34(30)17-23-8-7-13-37-23/h5-16,19,30,33H,17-18H2,1-4H3/t30-/m0/s1. The van der Waals surface area contributed by atoms with E-state index in [9.17, 15) is 4.79 Å². The fourth-order valence-electron chi connectivity index (χ4n) is 4.77. The lowest BCUT2D eigenvalue weighted by atomic mass is 10.00. The summed E-state index contributed by atoms with van der Waals surface area (Å²) in [6.07, 6.45) is 1.21. The molecule has 4 aromatic rings. The fraction of sp³-hybridized carbons (Fsp3) is 0.258. The van der Waals surface area contributed by atoms with Crippen LogP contribution >= 0.6 is 11.6 Å². The molecule has 6 nitrogen and oxygen atoms in total. The quantitative estimate of drug-likeness (QED) is 0.252. The molecule has 1 aromatic heterocycles. The summed E-state index contributed by atoms with van der Waals surface area (Å²) in [4.78, 5) is 15.4. The molecule has 1 aliphatic rings. The summed E-state index contributed by atoms with van der Waals surface area (Å²) >= 11 is 6.39. The van der Waals surface area contributed by atoms with Gasteiger partial charge in [-0.2, -0.15) is 0 Å². The van der Waals surface area contributed by atoms with Crippen molar-refractivity contribution in [2.75, 3.05) is 12.4 Å². The van der Waals surface area contributed by atoms with Crippen LogP contribution < -0.4 is 14.8 Å². The van der Waals surface area contributed by atoms with Crippen molar-refractivity contribution in [3.63, 3.8) is 0 Å². The SMILES string of the molecule is COc1ccc([C@H]2Nc3ccccc3C(=O)N2Cc2ccco2)cc1COc1cc(C)c(Cl)cc1C(C)C.